The van der Waals surface area contributed by atoms with E-state index in [4.69, 9.17) is 22.4 Å². The first-order valence-electron chi connectivity index (χ1n) is 6.63. The zero-order valence-electron chi connectivity index (χ0n) is 11.8. The molecule has 0 saturated heterocycles. The van der Waals surface area contributed by atoms with Crippen LogP contribution in [0.15, 0.2) is 22.8 Å². The van der Waals surface area contributed by atoms with Gasteiger partial charge in [-0.15, -0.1) is 0 Å². The van der Waals surface area contributed by atoms with Gasteiger partial charge < -0.3 is 15.1 Å². The second kappa shape index (κ2) is 6.70. The molecular formula is C14H22N2O2S. The molecule has 0 saturated carbocycles. The van der Waals surface area contributed by atoms with E-state index in [0.717, 1.165) is 5.76 Å². The molecule has 1 aromatic rings. The van der Waals surface area contributed by atoms with Crippen LogP contribution in [-0.4, -0.2) is 22.3 Å². The Morgan fingerprint density at radius 3 is 2.42 bits per heavy atom. The summed E-state index contributed by atoms with van der Waals surface area (Å²) in [5, 5.41) is 0. The van der Waals surface area contributed by atoms with Crippen LogP contribution in [0.5, 0.6) is 0 Å². The van der Waals surface area contributed by atoms with Crippen molar-refractivity contribution in [3.05, 3.63) is 24.2 Å². The molecule has 0 unspecified atom stereocenters. The van der Waals surface area contributed by atoms with Crippen LogP contribution in [0, 0.1) is 5.41 Å². The Balaban J connectivity index is 2.96. The van der Waals surface area contributed by atoms with E-state index in [0.29, 0.717) is 25.9 Å². The van der Waals surface area contributed by atoms with Gasteiger partial charge in [-0.25, -0.2) is 0 Å². The second-order valence-corrected chi connectivity index (χ2v) is 4.99. The molecule has 0 aromatic carbocycles. The summed E-state index contributed by atoms with van der Waals surface area (Å²) in [5.41, 5.74) is 5.08. The van der Waals surface area contributed by atoms with Crippen molar-refractivity contribution < 1.29 is 9.21 Å². The fourth-order valence-electron chi connectivity index (χ4n) is 2.23. The lowest BCUT2D eigenvalue weighted by molar-refractivity contribution is -0.139. The average Bonchev–Trinajstić information content (AvgIpc) is 2.90. The van der Waals surface area contributed by atoms with Gasteiger partial charge in [0.2, 0.25) is 5.91 Å². The van der Waals surface area contributed by atoms with Gasteiger partial charge in [-0.3, -0.25) is 4.79 Å². The molecule has 0 bridgehead atoms. The quantitative estimate of drug-likeness (QED) is 0.781. The summed E-state index contributed by atoms with van der Waals surface area (Å²) in [5.74, 6) is 0.753. The van der Waals surface area contributed by atoms with E-state index in [2.05, 4.69) is 0 Å². The summed E-state index contributed by atoms with van der Waals surface area (Å²) >= 11 is 5.13. The maximum absolute atomic E-state index is 12.7. The van der Waals surface area contributed by atoms with Gasteiger partial charge >= 0.3 is 0 Å². The topological polar surface area (TPSA) is 59.5 Å². The number of nitrogens with two attached hydrogens (primary N) is 1. The Morgan fingerprint density at radius 1 is 1.42 bits per heavy atom. The van der Waals surface area contributed by atoms with E-state index >= 15 is 0 Å². The van der Waals surface area contributed by atoms with Crippen molar-refractivity contribution in [2.24, 2.45) is 11.1 Å². The summed E-state index contributed by atoms with van der Waals surface area (Å²) in [6.45, 7) is 6.88. The first kappa shape index (κ1) is 15.7. The Bertz CT molecular complexity index is 425. The molecule has 0 atom stereocenters. The standard InChI is InChI=1S/C14H22N2O2S/c1-4-14(5-2,12(15)19)13(17)16(6-3)10-11-8-7-9-18-11/h7-9H,4-6,10H2,1-3H3,(H2,15,19). The van der Waals surface area contributed by atoms with Gasteiger partial charge in [0.25, 0.3) is 0 Å². The van der Waals surface area contributed by atoms with E-state index in [-0.39, 0.29) is 10.9 Å². The van der Waals surface area contributed by atoms with Crippen molar-refractivity contribution in [2.75, 3.05) is 6.54 Å². The van der Waals surface area contributed by atoms with Gasteiger partial charge in [0.15, 0.2) is 0 Å². The molecule has 4 nitrogen and oxygen atoms in total. The zero-order valence-corrected chi connectivity index (χ0v) is 12.6. The van der Waals surface area contributed by atoms with E-state index in [1.165, 1.54) is 0 Å². The molecule has 0 fully saturated rings. The van der Waals surface area contributed by atoms with Crippen molar-refractivity contribution in [1.82, 2.24) is 4.90 Å². The number of rotatable bonds is 7. The van der Waals surface area contributed by atoms with Gasteiger partial charge in [0, 0.05) is 6.54 Å². The predicted octanol–water partition coefficient (Wildman–Crippen LogP) is 2.72. The summed E-state index contributed by atoms with van der Waals surface area (Å²) in [7, 11) is 0. The number of carbonyl (C=O) groups is 1. The number of hydrogen-bond donors (Lipinski definition) is 1. The Labute approximate surface area is 119 Å². The maximum atomic E-state index is 12.7. The van der Waals surface area contributed by atoms with Crippen LogP contribution in [-0.2, 0) is 11.3 Å². The third-order valence-corrected chi connectivity index (χ3v) is 4.07. The number of thiocarbonyl (C=S) groups is 1. The van der Waals surface area contributed by atoms with Crippen molar-refractivity contribution in [3.63, 3.8) is 0 Å². The minimum Gasteiger partial charge on any atom is -0.467 e. The molecule has 0 aliphatic rings. The second-order valence-electron chi connectivity index (χ2n) is 4.55. The van der Waals surface area contributed by atoms with Crippen LogP contribution >= 0.6 is 12.2 Å². The smallest absolute Gasteiger partial charge is 0.236 e. The van der Waals surface area contributed by atoms with E-state index in [1.54, 1.807) is 11.2 Å². The van der Waals surface area contributed by atoms with E-state index in [1.807, 2.05) is 32.9 Å². The molecule has 1 rings (SSSR count). The Morgan fingerprint density at radius 2 is 2.05 bits per heavy atom. The fourth-order valence-corrected chi connectivity index (χ4v) is 2.60. The van der Waals surface area contributed by atoms with Gasteiger partial charge in [-0.05, 0) is 31.9 Å². The minimum absolute atomic E-state index is 0.0103. The maximum Gasteiger partial charge on any atom is 0.236 e. The fraction of sp³-hybridized carbons (Fsp3) is 0.571. The number of amides is 1. The van der Waals surface area contributed by atoms with E-state index in [9.17, 15) is 4.79 Å². The molecule has 0 aliphatic heterocycles. The molecule has 0 radical (unpaired) electrons. The number of hydrogen-bond acceptors (Lipinski definition) is 3. The third-order valence-electron chi connectivity index (χ3n) is 3.68. The summed E-state index contributed by atoms with van der Waals surface area (Å²) in [6.07, 6.45) is 2.84. The molecule has 106 valence electrons. The molecule has 1 amide bonds. The summed E-state index contributed by atoms with van der Waals surface area (Å²) < 4.78 is 5.30. The highest BCUT2D eigenvalue weighted by Crippen LogP contribution is 2.30. The van der Waals surface area contributed by atoms with Crippen molar-refractivity contribution in [1.29, 1.82) is 0 Å². The highest BCUT2D eigenvalue weighted by atomic mass is 32.1. The van der Waals surface area contributed by atoms with Crippen LogP contribution in [0.2, 0.25) is 0 Å². The molecule has 0 spiro atoms. The summed E-state index contributed by atoms with van der Waals surface area (Å²) in [6, 6.07) is 3.67. The van der Waals surface area contributed by atoms with Gasteiger partial charge in [-0.2, -0.15) is 0 Å². The lowest BCUT2D eigenvalue weighted by Gasteiger charge is -2.34. The zero-order chi connectivity index (χ0) is 14.5. The van der Waals surface area contributed by atoms with Crippen LogP contribution in [0.4, 0.5) is 0 Å². The van der Waals surface area contributed by atoms with Crippen molar-refractivity contribution in [2.45, 2.75) is 40.2 Å². The van der Waals surface area contributed by atoms with E-state index < -0.39 is 5.41 Å². The Hall–Kier alpha value is -1.36. The SMILES string of the molecule is CCN(Cc1ccco1)C(=O)C(CC)(CC)C(N)=S. The number of carbonyl (C=O) groups excluding carboxylic acids is 1. The lowest BCUT2D eigenvalue weighted by atomic mass is 9.80. The number of nitrogens with zero attached hydrogens (tertiary/aromatic N) is 1. The van der Waals surface area contributed by atoms with Crippen LogP contribution in [0.1, 0.15) is 39.4 Å². The van der Waals surface area contributed by atoms with Gasteiger partial charge in [0.05, 0.1) is 23.2 Å². The highest BCUT2D eigenvalue weighted by molar-refractivity contribution is 7.80. The monoisotopic (exact) mass is 282 g/mol. The van der Waals surface area contributed by atoms with Crippen LogP contribution < -0.4 is 5.73 Å². The van der Waals surface area contributed by atoms with Crippen LogP contribution in [0.25, 0.3) is 0 Å². The molecule has 1 heterocycles. The first-order valence-corrected chi connectivity index (χ1v) is 7.04. The van der Waals surface area contributed by atoms with Crippen molar-refractivity contribution in [3.8, 4) is 0 Å². The predicted molar refractivity (Wildman–Crippen MR) is 79.6 cm³/mol. The van der Waals surface area contributed by atoms with Gasteiger partial charge in [-0.1, -0.05) is 26.1 Å². The minimum atomic E-state index is -0.738. The molecule has 0 aliphatic carbocycles. The van der Waals surface area contributed by atoms with Crippen molar-refractivity contribution >= 4 is 23.1 Å². The molecule has 19 heavy (non-hydrogen) atoms. The largest absolute Gasteiger partial charge is 0.467 e. The lowest BCUT2D eigenvalue weighted by Crippen LogP contribution is -2.49. The normalized spacial score (nSPS) is 11.3. The Kier molecular flexibility index (Phi) is 5.54. The first-order chi connectivity index (χ1) is 9.01. The molecular weight excluding hydrogens is 260 g/mol. The molecule has 2 N–H and O–H groups in total. The molecule has 5 heteroatoms. The van der Waals surface area contributed by atoms with Gasteiger partial charge in [0.1, 0.15) is 5.76 Å². The third kappa shape index (κ3) is 3.15. The highest BCUT2D eigenvalue weighted by Gasteiger charge is 2.40. The summed E-state index contributed by atoms with van der Waals surface area (Å²) in [4.78, 5) is 14.8. The number of furan rings is 1. The van der Waals surface area contributed by atoms with Crippen LogP contribution in [0.3, 0.4) is 0 Å². The molecule has 1 aromatic heterocycles. The average molecular weight is 282 g/mol.